The minimum absolute atomic E-state index is 0.111. The standard InChI is InChI=1S/C12H16N6O5S/c1-17-11(14-15-16-17)24-5-6-4-23-10-12(13,22-3)9(20)18(10)7(6)8(19)21-2/h10H,4-5,13H2,1-3H3/t10-,12+/m1/s1. The van der Waals surface area contributed by atoms with Crippen molar-refractivity contribution in [3.05, 3.63) is 11.3 Å². The van der Waals surface area contributed by atoms with Crippen molar-refractivity contribution in [2.45, 2.75) is 17.1 Å². The zero-order valence-electron chi connectivity index (χ0n) is 13.3. The largest absolute Gasteiger partial charge is 0.464 e. The van der Waals surface area contributed by atoms with Gasteiger partial charge in [-0.3, -0.25) is 15.4 Å². The Kier molecular flexibility index (Phi) is 4.29. The molecule has 130 valence electrons. The number of hydrogen-bond acceptors (Lipinski definition) is 10. The van der Waals surface area contributed by atoms with Crippen LogP contribution in [0.15, 0.2) is 16.4 Å². The second kappa shape index (κ2) is 6.12. The molecule has 1 aromatic heterocycles. The van der Waals surface area contributed by atoms with E-state index in [1.54, 1.807) is 7.05 Å². The fraction of sp³-hybridized carbons (Fsp3) is 0.583. The number of aromatic nitrogens is 4. The molecular formula is C12H16N6O5S. The molecule has 2 aliphatic heterocycles. The number of esters is 1. The Morgan fingerprint density at radius 1 is 1.54 bits per heavy atom. The Morgan fingerprint density at radius 2 is 2.29 bits per heavy atom. The summed E-state index contributed by atoms with van der Waals surface area (Å²) in [5.74, 6) is -0.848. The maximum Gasteiger partial charge on any atom is 0.354 e. The van der Waals surface area contributed by atoms with E-state index in [-0.39, 0.29) is 12.3 Å². The Bertz CT molecular complexity index is 721. The van der Waals surface area contributed by atoms with Crippen molar-refractivity contribution in [1.82, 2.24) is 25.1 Å². The highest BCUT2D eigenvalue weighted by molar-refractivity contribution is 7.99. The van der Waals surface area contributed by atoms with E-state index < -0.39 is 23.8 Å². The number of fused-ring (bicyclic) bond motifs is 1. The summed E-state index contributed by atoms with van der Waals surface area (Å²) in [5.41, 5.74) is 4.99. The SMILES string of the molecule is COC(=O)C1=C(CSc2nnnn2C)CO[C@H]2N1C(=O)[C@]2(N)OC. The van der Waals surface area contributed by atoms with Gasteiger partial charge in [0.2, 0.25) is 10.9 Å². The Hall–Kier alpha value is -2.02. The lowest BCUT2D eigenvalue weighted by Crippen LogP contribution is -2.80. The molecule has 0 unspecified atom stereocenters. The molecule has 2 atom stereocenters. The van der Waals surface area contributed by atoms with E-state index in [1.165, 1.54) is 35.6 Å². The first-order chi connectivity index (χ1) is 11.4. The predicted octanol–water partition coefficient (Wildman–Crippen LogP) is -1.77. The van der Waals surface area contributed by atoms with E-state index in [1.807, 2.05) is 0 Å². The highest BCUT2D eigenvalue weighted by atomic mass is 32.2. The van der Waals surface area contributed by atoms with E-state index in [0.29, 0.717) is 16.5 Å². The Balaban J connectivity index is 1.88. The summed E-state index contributed by atoms with van der Waals surface area (Å²) in [6.07, 6.45) is -0.866. The van der Waals surface area contributed by atoms with Gasteiger partial charge < -0.3 is 14.2 Å². The topological polar surface area (TPSA) is 135 Å². The summed E-state index contributed by atoms with van der Waals surface area (Å²) in [7, 11) is 4.26. The molecule has 3 heterocycles. The van der Waals surface area contributed by atoms with Crippen LogP contribution in [0.2, 0.25) is 0 Å². The summed E-state index contributed by atoms with van der Waals surface area (Å²) in [6.45, 7) is 0.111. The van der Waals surface area contributed by atoms with Crippen molar-refractivity contribution >= 4 is 23.6 Å². The molecule has 3 rings (SSSR count). The molecule has 0 spiro atoms. The maximum atomic E-state index is 12.3. The molecule has 1 amide bonds. The third-order valence-electron chi connectivity index (χ3n) is 3.82. The van der Waals surface area contributed by atoms with Crippen LogP contribution in [0.1, 0.15) is 0 Å². The van der Waals surface area contributed by atoms with Crippen molar-refractivity contribution in [3.63, 3.8) is 0 Å². The zero-order valence-corrected chi connectivity index (χ0v) is 14.1. The van der Waals surface area contributed by atoms with Crippen molar-refractivity contribution < 1.29 is 23.8 Å². The average Bonchev–Trinajstić information content (AvgIpc) is 3.02. The first kappa shape index (κ1) is 16.8. The van der Waals surface area contributed by atoms with Gasteiger partial charge >= 0.3 is 5.97 Å². The molecule has 24 heavy (non-hydrogen) atoms. The van der Waals surface area contributed by atoms with Crippen LogP contribution in [0.3, 0.4) is 0 Å². The molecule has 2 aliphatic rings. The highest BCUT2D eigenvalue weighted by Crippen LogP contribution is 2.39. The molecule has 0 aromatic carbocycles. The number of carbonyl (C=O) groups is 2. The zero-order chi connectivity index (χ0) is 17.5. The number of methoxy groups -OCH3 is 2. The van der Waals surface area contributed by atoms with Crippen molar-refractivity contribution in [1.29, 1.82) is 0 Å². The minimum Gasteiger partial charge on any atom is -0.464 e. The van der Waals surface area contributed by atoms with Crippen molar-refractivity contribution in [2.24, 2.45) is 12.8 Å². The van der Waals surface area contributed by atoms with Crippen LogP contribution < -0.4 is 5.73 Å². The minimum atomic E-state index is -1.59. The van der Waals surface area contributed by atoms with Crippen LogP contribution in [-0.2, 0) is 30.8 Å². The van der Waals surface area contributed by atoms with E-state index in [4.69, 9.17) is 19.9 Å². The average molecular weight is 356 g/mol. The first-order valence-electron chi connectivity index (χ1n) is 6.88. The lowest BCUT2D eigenvalue weighted by molar-refractivity contribution is -0.248. The molecule has 2 N–H and O–H groups in total. The number of rotatable bonds is 5. The third-order valence-corrected chi connectivity index (χ3v) is 4.92. The van der Waals surface area contributed by atoms with Crippen LogP contribution in [0, 0.1) is 0 Å². The second-order valence-electron chi connectivity index (χ2n) is 5.15. The number of tetrazole rings is 1. The lowest BCUT2D eigenvalue weighted by atomic mass is 9.96. The van der Waals surface area contributed by atoms with Gasteiger partial charge in [-0.1, -0.05) is 11.8 Å². The number of thioether (sulfide) groups is 1. The number of ether oxygens (including phenoxy) is 3. The van der Waals surface area contributed by atoms with E-state index >= 15 is 0 Å². The summed E-state index contributed by atoms with van der Waals surface area (Å²) in [5, 5.41) is 11.7. The van der Waals surface area contributed by atoms with Gasteiger partial charge in [-0.15, -0.1) is 5.10 Å². The van der Waals surface area contributed by atoms with Gasteiger partial charge in [0, 0.05) is 19.9 Å². The monoisotopic (exact) mass is 356 g/mol. The number of hydrogen-bond donors (Lipinski definition) is 1. The second-order valence-corrected chi connectivity index (χ2v) is 6.10. The van der Waals surface area contributed by atoms with Crippen molar-refractivity contribution in [3.8, 4) is 0 Å². The molecule has 1 saturated heterocycles. The fourth-order valence-electron chi connectivity index (χ4n) is 2.49. The first-order valence-corrected chi connectivity index (χ1v) is 7.87. The summed E-state index contributed by atoms with van der Waals surface area (Å²) >= 11 is 1.31. The number of nitrogens with two attached hydrogens (primary N) is 1. The fourth-order valence-corrected chi connectivity index (χ4v) is 3.34. The Morgan fingerprint density at radius 3 is 2.88 bits per heavy atom. The molecule has 12 heteroatoms. The lowest BCUT2D eigenvalue weighted by Gasteiger charge is -2.53. The molecule has 11 nitrogen and oxygen atoms in total. The molecule has 0 aliphatic carbocycles. The van der Waals surface area contributed by atoms with E-state index in [0.717, 1.165) is 0 Å². The predicted molar refractivity (Wildman–Crippen MR) is 79.1 cm³/mol. The maximum absolute atomic E-state index is 12.3. The van der Waals surface area contributed by atoms with Gasteiger partial charge in [-0.25, -0.2) is 9.48 Å². The molecule has 0 bridgehead atoms. The summed E-state index contributed by atoms with van der Waals surface area (Å²) in [6, 6.07) is 0. The number of nitrogens with zero attached hydrogens (tertiary/aromatic N) is 5. The van der Waals surface area contributed by atoms with Crippen LogP contribution in [-0.4, -0.2) is 75.5 Å². The van der Waals surface area contributed by atoms with Crippen molar-refractivity contribution in [2.75, 3.05) is 26.6 Å². The number of amides is 1. The Labute approximate surface area is 141 Å². The molecular weight excluding hydrogens is 340 g/mol. The molecule has 0 saturated carbocycles. The molecule has 0 radical (unpaired) electrons. The normalized spacial score (nSPS) is 26.2. The van der Waals surface area contributed by atoms with Gasteiger partial charge in [0.1, 0.15) is 5.70 Å². The van der Waals surface area contributed by atoms with Gasteiger partial charge in [-0.05, 0) is 16.0 Å². The third kappa shape index (κ3) is 2.38. The van der Waals surface area contributed by atoms with Gasteiger partial charge in [-0.2, -0.15) is 0 Å². The quantitative estimate of drug-likeness (QED) is 0.279. The highest BCUT2D eigenvalue weighted by Gasteiger charge is 2.64. The van der Waals surface area contributed by atoms with E-state index in [9.17, 15) is 9.59 Å². The van der Waals surface area contributed by atoms with Gasteiger partial charge in [0.05, 0.1) is 13.7 Å². The number of β-lactam (4-membered cyclic amide) rings is 1. The van der Waals surface area contributed by atoms with Crippen LogP contribution in [0.25, 0.3) is 0 Å². The molecule has 1 aromatic rings. The van der Waals surface area contributed by atoms with Crippen LogP contribution in [0.5, 0.6) is 0 Å². The summed E-state index contributed by atoms with van der Waals surface area (Å²) in [4.78, 5) is 25.7. The number of carbonyl (C=O) groups excluding carboxylic acids is 2. The van der Waals surface area contributed by atoms with Crippen LogP contribution in [0.4, 0.5) is 0 Å². The van der Waals surface area contributed by atoms with E-state index in [2.05, 4.69) is 15.5 Å². The molecule has 1 fully saturated rings. The smallest absolute Gasteiger partial charge is 0.354 e. The van der Waals surface area contributed by atoms with Gasteiger partial charge in [0.25, 0.3) is 5.91 Å². The number of aryl methyl sites for hydroxylation is 1. The van der Waals surface area contributed by atoms with Gasteiger partial charge in [0.15, 0.2) is 6.23 Å². The van der Waals surface area contributed by atoms with Crippen LogP contribution >= 0.6 is 11.8 Å². The summed E-state index contributed by atoms with van der Waals surface area (Å²) < 4.78 is 16.9.